The van der Waals surface area contributed by atoms with Crippen LogP contribution in [0, 0.1) is 11.6 Å². The number of hydrogen-bond donors (Lipinski definition) is 0. The second-order valence-electron chi connectivity index (χ2n) is 2.55. The minimum atomic E-state index is -0.673. The molecule has 4 heteroatoms. The molecule has 0 radical (unpaired) electrons. The van der Waals surface area contributed by atoms with Crippen molar-refractivity contribution in [1.82, 2.24) is 9.55 Å². The number of halogens is 2. The van der Waals surface area contributed by atoms with Crippen LogP contribution in [0.3, 0.4) is 0 Å². The van der Waals surface area contributed by atoms with Crippen LogP contribution in [0.15, 0.2) is 36.8 Å². The van der Waals surface area contributed by atoms with Gasteiger partial charge in [0.15, 0.2) is 11.6 Å². The Kier molecular flexibility index (Phi) is 1.81. The molecule has 0 saturated carbocycles. The molecule has 2 nitrogen and oxygen atoms in total. The van der Waals surface area contributed by atoms with Crippen LogP contribution in [0.25, 0.3) is 5.82 Å². The average Bonchev–Trinajstić information content (AvgIpc) is 2.56. The Bertz CT molecular complexity index is 410. The molecule has 0 saturated heterocycles. The zero-order valence-corrected chi connectivity index (χ0v) is 6.61. The molecule has 2 aromatic heterocycles. The van der Waals surface area contributed by atoms with Crippen LogP contribution < -0.4 is 0 Å². The van der Waals surface area contributed by atoms with Crippen molar-refractivity contribution in [3.8, 4) is 5.82 Å². The van der Waals surface area contributed by atoms with Crippen molar-refractivity contribution in [3.63, 3.8) is 0 Å². The lowest BCUT2D eigenvalue weighted by molar-refractivity contribution is 0.566. The highest BCUT2D eigenvalue weighted by Crippen LogP contribution is 2.10. The first-order chi connectivity index (χ1) is 6.27. The lowest BCUT2D eigenvalue weighted by Gasteiger charge is -2.01. The van der Waals surface area contributed by atoms with Crippen molar-refractivity contribution in [2.45, 2.75) is 0 Å². The van der Waals surface area contributed by atoms with E-state index in [1.54, 1.807) is 24.5 Å². The van der Waals surface area contributed by atoms with Crippen molar-refractivity contribution in [3.05, 3.63) is 48.4 Å². The van der Waals surface area contributed by atoms with Crippen molar-refractivity contribution < 1.29 is 8.78 Å². The van der Waals surface area contributed by atoms with Gasteiger partial charge in [-0.15, -0.1) is 0 Å². The summed E-state index contributed by atoms with van der Waals surface area (Å²) in [7, 11) is 0. The standard InChI is InChI=1S/C9H6F2N2/c10-7-5-8(11)9(12-6-7)13-3-1-2-4-13/h1-6H. The van der Waals surface area contributed by atoms with Gasteiger partial charge >= 0.3 is 0 Å². The van der Waals surface area contributed by atoms with Gasteiger partial charge in [0.2, 0.25) is 0 Å². The van der Waals surface area contributed by atoms with Crippen LogP contribution in [-0.4, -0.2) is 9.55 Å². The maximum Gasteiger partial charge on any atom is 0.173 e. The third-order valence-electron chi connectivity index (χ3n) is 1.64. The fourth-order valence-electron chi connectivity index (χ4n) is 1.07. The summed E-state index contributed by atoms with van der Waals surface area (Å²) in [5.41, 5.74) is 0. The maximum absolute atomic E-state index is 13.1. The molecule has 0 aliphatic carbocycles. The zero-order chi connectivity index (χ0) is 9.26. The van der Waals surface area contributed by atoms with Gasteiger partial charge < -0.3 is 4.57 Å². The van der Waals surface area contributed by atoms with Crippen molar-refractivity contribution in [2.75, 3.05) is 0 Å². The van der Waals surface area contributed by atoms with Gasteiger partial charge in [-0.1, -0.05) is 0 Å². The van der Waals surface area contributed by atoms with Gasteiger partial charge in [0.05, 0.1) is 6.20 Å². The molecule has 0 spiro atoms. The first-order valence-corrected chi connectivity index (χ1v) is 3.72. The number of hydrogen-bond acceptors (Lipinski definition) is 1. The predicted molar refractivity (Wildman–Crippen MR) is 43.5 cm³/mol. The van der Waals surface area contributed by atoms with Crippen molar-refractivity contribution in [1.29, 1.82) is 0 Å². The molecule has 2 heterocycles. The van der Waals surface area contributed by atoms with E-state index in [4.69, 9.17) is 0 Å². The summed E-state index contributed by atoms with van der Waals surface area (Å²) in [6, 6.07) is 4.29. The van der Waals surface area contributed by atoms with E-state index < -0.39 is 11.6 Å². The quantitative estimate of drug-likeness (QED) is 0.657. The Morgan fingerprint density at radius 3 is 2.46 bits per heavy atom. The third kappa shape index (κ3) is 1.42. The molecule has 0 aliphatic rings. The van der Waals surface area contributed by atoms with E-state index in [-0.39, 0.29) is 5.82 Å². The molecule has 2 rings (SSSR count). The van der Waals surface area contributed by atoms with E-state index >= 15 is 0 Å². The van der Waals surface area contributed by atoms with Crippen LogP contribution in [0.1, 0.15) is 0 Å². The second-order valence-corrected chi connectivity index (χ2v) is 2.55. The second kappa shape index (κ2) is 2.97. The molecule has 0 N–H and O–H groups in total. The monoisotopic (exact) mass is 180 g/mol. The van der Waals surface area contributed by atoms with E-state index in [9.17, 15) is 8.78 Å². The number of nitrogens with zero attached hydrogens (tertiary/aromatic N) is 2. The van der Waals surface area contributed by atoms with Gasteiger partial charge in [0, 0.05) is 18.5 Å². The summed E-state index contributed by atoms with van der Waals surface area (Å²) in [6.07, 6.45) is 4.27. The highest BCUT2D eigenvalue weighted by atomic mass is 19.1. The van der Waals surface area contributed by atoms with Crippen LogP contribution in [0.2, 0.25) is 0 Å². The number of aromatic nitrogens is 2. The molecule has 0 aliphatic heterocycles. The Hall–Kier alpha value is -1.71. The van der Waals surface area contributed by atoms with Gasteiger partial charge in [-0.25, -0.2) is 13.8 Å². The summed E-state index contributed by atoms with van der Waals surface area (Å²) >= 11 is 0. The van der Waals surface area contributed by atoms with E-state index in [0.717, 1.165) is 12.3 Å². The van der Waals surface area contributed by atoms with Crippen molar-refractivity contribution in [2.24, 2.45) is 0 Å². The van der Waals surface area contributed by atoms with E-state index in [2.05, 4.69) is 4.98 Å². The third-order valence-corrected chi connectivity index (χ3v) is 1.64. The fourth-order valence-corrected chi connectivity index (χ4v) is 1.07. The first-order valence-electron chi connectivity index (χ1n) is 3.72. The van der Waals surface area contributed by atoms with Crippen LogP contribution >= 0.6 is 0 Å². The molecule has 13 heavy (non-hydrogen) atoms. The smallest absolute Gasteiger partial charge is 0.173 e. The Morgan fingerprint density at radius 1 is 1.15 bits per heavy atom. The first kappa shape index (κ1) is 7.91. The van der Waals surface area contributed by atoms with Gasteiger partial charge in [-0.2, -0.15) is 0 Å². The molecule has 0 aromatic carbocycles. The Balaban J connectivity index is 2.53. The normalized spacial score (nSPS) is 10.3. The molecular formula is C9H6F2N2. The van der Waals surface area contributed by atoms with Crippen LogP contribution in [-0.2, 0) is 0 Å². The number of pyridine rings is 1. The summed E-state index contributed by atoms with van der Waals surface area (Å²) in [6.45, 7) is 0. The Labute approximate surface area is 73.5 Å². The van der Waals surface area contributed by atoms with Crippen molar-refractivity contribution >= 4 is 0 Å². The van der Waals surface area contributed by atoms with Gasteiger partial charge in [0.1, 0.15) is 5.82 Å². The van der Waals surface area contributed by atoms with Gasteiger partial charge in [-0.3, -0.25) is 0 Å². The topological polar surface area (TPSA) is 17.8 Å². The molecule has 0 amide bonds. The molecule has 0 unspecified atom stereocenters. The summed E-state index contributed by atoms with van der Waals surface area (Å²) in [5.74, 6) is -1.24. The molecule has 0 atom stereocenters. The minimum absolute atomic E-state index is 0.103. The Morgan fingerprint density at radius 2 is 1.85 bits per heavy atom. The van der Waals surface area contributed by atoms with E-state index in [0.29, 0.717) is 0 Å². The van der Waals surface area contributed by atoms with Crippen LogP contribution in [0.5, 0.6) is 0 Å². The SMILES string of the molecule is Fc1cnc(-n2cccc2)c(F)c1. The predicted octanol–water partition coefficient (Wildman–Crippen LogP) is 2.15. The summed E-state index contributed by atoms with van der Waals surface area (Å²) < 4.78 is 27.0. The average molecular weight is 180 g/mol. The summed E-state index contributed by atoms with van der Waals surface area (Å²) in [5, 5.41) is 0. The molecular weight excluding hydrogens is 174 g/mol. The molecule has 66 valence electrons. The molecule has 0 bridgehead atoms. The van der Waals surface area contributed by atoms with Crippen LogP contribution in [0.4, 0.5) is 8.78 Å². The molecule has 0 fully saturated rings. The summed E-state index contributed by atoms with van der Waals surface area (Å²) in [4.78, 5) is 3.63. The minimum Gasteiger partial charge on any atom is -0.306 e. The maximum atomic E-state index is 13.1. The van der Waals surface area contributed by atoms with E-state index in [1.807, 2.05) is 0 Å². The highest BCUT2D eigenvalue weighted by molar-refractivity contribution is 5.25. The fraction of sp³-hybridized carbons (Fsp3) is 0. The van der Waals surface area contributed by atoms with Gasteiger partial charge in [0.25, 0.3) is 0 Å². The zero-order valence-electron chi connectivity index (χ0n) is 6.61. The molecule has 2 aromatic rings. The van der Waals surface area contributed by atoms with E-state index in [1.165, 1.54) is 4.57 Å². The lowest BCUT2D eigenvalue weighted by atomic mass is 10.4. The lowest BCUT2D eigenvalue weighted by Crippen LogP contribution is -1.98. The highest BCUT2D eigenvalue weighted by Gasteiger charge is 2.05. The van der Waals surface area contributed by atoms with Gasteiger partial charge in [-0.05, 0) is 12.1 Å². The largest absolute Gasteiger partial charge is 0.306 e. The number of rotatable bonds is 1.